The number of aliphatic hydroxyl groups is 1. The maximum Gasteiger partial charge on any atom is 0.309 e. The Hall–Kier alpha value is -0.570. The van der Waals surface area contributed by atoms with E-state index >= 15 is 0 Å². The highest BCUT2D eigenvalue weighted by Crippen LogP contribution is 2.36. The Kier molecular flexibility index (Phi) is 6.17. The van der Waals surface area contributed by atoms with Gasteiger partial charge in [-0.2, -0.15) is 0 Å². The van der Waals surface area contributed by atoms with Gasteiger partial charge in [-0.25, -0.2) is 0 Å². The molecule has 0 bridgehead atoms. The van der Waals surface area contributed by atoms with Crippen LogP contribution in [0.2, 0.25) is 0 Å². The van der Waals surface area contributed by atoms with Crippen LogP contribution in [0.3, 0.4) is 0 Å². The third-order valence-corrected chi connectivity index (χ3v) is 3.04. The molecule has 3 heteroatoms. The quantitative estimate of drug-likeness (QED) is 0.723. The summed E-state index contributed by atoms with van der Waals surface area (Å²) in [5.41, 5.74) is -1.09. The molecule has 0 saturated carbocycles. The van der Waals surface area contributed by atoms with Gasteiger partial charge in [-0.15, -0.1) is 0 Å². The first kappa shape index (κ1) is 16.4. The molecule has 0 aromatic heterocycles. The van der Waals surface area contributed by atoms with Crippen molar-refractivity contribution in [2.24, 2.45) is 23.7 Å². The molecule has 0 aliphatic carbocycles. The van der Waals surface area contributed by atoms with Crippen LogP contribution < -0.4 is 0 Å². The molecule has 0 rings (SSSR count). The second-order valence-corrected chi connectivity index (χ2v) is 6.36. The fraction of sp³-hybridized carbons (Fsp3) is 0.929. The van der Waals surface area contributed by atoms with E-state index < -0.39 is 17.5 Å². The first-order chi connectivity index (χ1) is 7.60. The summed E-state index contributed by atoms with van der Waals surface area (Å²) in [6.45, 7) is 11.8. The number of hydrogen-bond donors (Lipinski definition) is 2. The van der Waals surface area contributed by atoms with Crippen molar-refractivity contribution < 1.29 is 15.0 Å². The molecule has 0 amide bonds. The average Bonchev–Trinajstić information content (AvgIpc) is 1.95. The topological polar surface area (TPSA) is 57.5 Å². The van der Waals surface area contributed by atoms with E-state index in [2.05, 4.69) is 0 Å². The van der Waals surface area contributed by atoms with Crippen LogP contribution in [0.1, 0.15) is 54.4 Å². The molecule has 0 aliphatic heterocycles. The van der Waals surface area contributed by atoms with Crippen molar-refractivity contribution in [3.05, 3.63) is 0 Å². The fourth-order valence-corrected chi connectivity index (χ4v) is 2.89. The summed E-state index contributed by atoms with van der Waals surface area (Å²) in [6.07, 6.45) is 1.08. The predicted molar refractivity (Wildman–Crippen MR) is 69.8 cm³/mol. The van der Waals surface area contributed by atoms with Crippen LogP contribution in [0.25, 0.3) is 0 Å². The summed E-state index contributed by atoms with van der Waals surface area (Å²) in [7, 11) is 0. The molecule has 0 heterocycles. The van der Waals surface area contributed by atoms with E-state index in [4.69, 9.17) is 0 Å². The molecule has 0 aromatic carbocycles. The van der Waals surface area contributed by atoms with Crippen LogP contribution in [-0.2, 0) is 4.79 Å². The summed E-state index contributed by atoms with van der Waals surface area (Å²) in [6, 6.07) is 0. The SMILES string of the molecule is CC(C)CC(O)(CC(C)C)C(C(=O)O)C(C)C. The van der Waals surface area contributed by atoms with Gasteiger partial charge in [-0.05, 0) is 30.6 Å². The van der Waals surface area contributed by atoms with Crippen molar-refractivity contribution in [3.8, 4) is 0 Å². The molecule has 0 aromatic rings. The lowest BCUT2D eigenvalue weighted by Crippen LogP contribution is -2.47. The number of hydrogen-bond acceptors (Lipinski definition) is 2. The molecule has 1 unspecified atom stereocenters. The second kappa shape index (κ2) is 6.39. The van der Waals surface area contributed by atoms with Crippen molar-refractivity contribution in [2.75, 3.05) is 0 Å². The maximum atomic E-state index is 11.4. The van der Waals surface area contributed by atoms with Gasteiger partial charge in [0.2, 0.25) is 0 Å². The van der Waals surface area contributed by atoms with E-state index in [1.807, 2.05) is 41.5 Å². The standard InChI is InChI=1S/C14H28O3/c1-9(2)7-14(17,8-10(3)4)12(11(5)6)13(15)16/h9-12,17H,7-8H2,1-6H3,(H,15,16). The molecular formula is C14H28O3. The molecular weight excluding hydrogens is 216 g/mol. The minimum absolute atomic E-state index is 0.0602. The highest BCUT2D eigenvalue weighted by Gasteiger charge is 2.43. The van der Waals surface area contributed by atoms with E-state index in [-0.39, 0.29) is 5.92 Å². The number of carboxylic acid groups (broad SMARTS) is 1. The smallest absolute Gasteiger partial charge is 0.309 e. The number of carboxylic acids is 1. The summed E-state index contributed by atoms with van der Waals surface area (Å²) in [5, 5.41) is 20.1. The molecule has 0 spiro atoms. The van der Waals surface area contributed by atoms with E-state index in [1.165, 1.54) is 0 Å². The lowest BCUT2D eigenvalue weighted by atomic mass is 9.71. The molecule has 102 valence electrons. The normalized spacial score (nSPS) is 14.7. The van der Waals surface area contributed by atoms with Crippen molar-refractivity contribution in [1.29, 1.82) is 0 Å². The van der Waals surface area contributed by atoms with Gasteiger partial charge in [-0.3, -0.25) is 4.79 Å². The Morgan fingerprint density at radius 2 is 1.35 bits per heavy atom. The van der Waals surface area contributed by atoms with Gasteiger partial charge < -0.3 is 10.2 Å². The highest BCUT2D eigenvalue weighted by molar-refractivity contribution is 5.71. The van der Waals surface area contributed by atoms with Crippen LogP contribution in [0, 0.1) is 23.7 Å². The summed E-state index contributed by atoms with van der Waals surface area (Å²) < 4.78 is 0. The van der Waals surface area contributed by atoms with Gasteiger partial charge in [0.05, 0.1) is 11.5 Å². The average molecular weight is 244 g/mol. The van der Waals surface area contributed by atoms with Crippen molar-refractivity contribution >= 4 is 5.97 Å². The molecule has 1 atom stereocenters. The van der Waals surface area contributed by atoms with Gasteiger partial charge in [0, 0.05) is 0 Å². The Labute approximate surface area is 105 Å². The van der Waals surface area contributed by atoms with Crippen molar-refractivity contribution in [1.82, 2.24) is 0 Å². The fourth-order valence-electron chi connectivity index (χ4n) is 2.89. The Bertz CT molecular complexity index is 234. The van der Waals surface area contributed by atoms with E-state index in [0.717, 1.165) is 0 Å². The van der Waals surface area contributed by atoms with Crippen LogP contribution in [0.5, 0.6) is 0 Å². The van der Waals surface area contributed by atoms with Gasteiger partial charge in [0.15, 0.2) is 0 Å². The van der Waals surface area contributed by atoms with E-state index in [1.54, 1.807) is 0 Å². The molecule has 0 radical (unpaired) electrons. The first-order valence-electron chi connectivity index (χ1n) is 6.55. The van der Waals surface area contributed by atoms with Gasteiger partial charge in [0.25, 0.3) is 0 Å². The molecule has 0 saturated heterocycles. The number of rotatable bonds is 7. The van der Waals surface area contributed by atoms with Crippen molar-refractivity contribution in [2.45, 2.75) is 60.0 Å². The molecule has 2 N–H and O–H groups in total. The zero-order valence-corrected chi connectivity index (χ0v) is 12.0. The van der Waals surface area contributed by atoms with Crippen LogP contribution in [0.4, 0.5) is 0 Å². The van der Waals surface area contributed by atoms with Crippen LogP contribution in [-0.4, -0.2) is 21.8 Å². The number of aliphatic carboxylic acids is 1. The minimum atomic E-state index is -1.09. The first-order valence-corrected chi connectivity index (χ1v) is 6.55. The van der Waals surface area contributed by atoms with E-state index in [0.29, 0.717) is 24.7 Å². The number of carbonyl (C=O) groups is 1. The zero-order chi connectivity index (χ0) is 13.8. The van der Waals surface area contributed by atoms with Crippen LogP contribution >= 0.6 is 0 Å². The van der Waals surface area contributed by atoms with Crippen LogP contribution in [0.15, 0.2) is 0 Å². The van der Waals surface area contributed by atoms with Gasteiger partial charge in [-0.1, -0.05) is 41.5 Å². The molecule has 3 nitrogen and oxygen atoms in total. The molecule has 17 heavy (non-hydrogen) atoms. The maximum absolute atomic E-state index is 11.4. The zero-order valence-electron chi connectivity index (χ0n) is 12.0. The monoisotopic (exact) mass is 244 g/mol. The predicted octanol–water partition coefficient (Wildman–Crippen LogP) is 3.17. The lowest BCUT2D eigenvalue weighted by Gasteiger charge is -2.38. The summed E-state index contributed by atoms with van der Waals surface area (Å²) in [5.74, 6) is -1.05. The largest absolute Gasteiger partial charge is 0.481 e. The van der Waals surface area contributed by atoms with Crippen molar-refractivity contribution in [3.63, 3.8) is 0 Å². The second-order valence-electron chi connectivity index (χ2n) is 6.36. The third-order valence-electron chi connectivity index (χ3n) is 3.04. The molecule has 0 fully saturated rings. The van der Waals surface area contributed by atoms with Gasteiger partial charge in [0.1, 0.15) is 0 Å². The Balaban J connectivity index is 5.17. The van der Waals surface area contributed by atoms with Gasteiger partial charge >= 0.3 is 5.97 Å². The third kappa shape index (κ3) is 5.07. The summed E-state index contributed by atoms with van der Waals surface area (Å²) >= 11 is 0. The molecule has 0 aliphatic rings. The summed E-state index contributed by atoms with van der Waals surface area (Å²) in [4.78, 5) is 11.4. The van der Waals surface area contributed by atoms with E-state index in [9.17, 15) is 15.0 Å². The lowest BCUT2D eigenvalue weighted by molar-refractivity contribution is -0.159. The Morgan fingerprint density at radius 1 is 1.00 bits per heavy atom. The Morgan fingerprint density at radius 3 is 1.53 bits per heavy atom. The highest BCUT2D eigenvalue weighted by atomic mass is 16.4. The minimum Gasteiger partial charge on any atom is -0.481 e.